The summed E-state index contributed by atoms with van der Waals surface area (Å²) in [4.78, 5) is 0. The van der Waals surface area contributed by atoms with E-state index in [9.17, 15) is 0 Å². The normalized spacial score (nSPS) is 11.0. The molecule has 0 bridgehead atoms. The molecule has 4 heteroatoms. The van der Waals surface area contributed by atoms with Crippen LogP contribution in [0.15, 0.2) is 46.3 Å². The molecule has 3 aromatic rings. The molecule has 0 saturated heterocycles. The van der Waals surface area contributed by atoms with Gasteiger partial charge in [0.15, 0.2) is 0 Å². The molecule has 0 saturated carbocycles. The molecule has 2 N–H and O–H groups in total. The van der Waals surface area contributed by atoms with Crippen LogP contribution in [0.3, 0.4) is 0 Å². The Hall–Kier alpha value is -1.36. The Morgan fingerprint density at radius 1 is 1.19 bits per heavy atom. The molecule has 0 spiro atoms. The lowest BCUT2D eigenvalue weighted by Gasteiger charge is -2.14. The number of benzene rings is 2. The van der Waals surface area contributed by atoms with Gasteiger partial charge in [-0.2, -0.15) is 0 Å². The van der Waals surface area contributed by atoms with E-state index in [2.05, 4.69) is 51.6 Å². The quantitative estimate of drug-likeness (QED) is 0.708. The molecule has 0 unspecified atom stereocenters. The Kier molecular flexibility index (Phi) is 4.29. The zero-order valence-corrected chi connectivity index (χ0v) is 14.1. The molecule has 108 valence electrons. The maximum Gasteiger partial charge on any atom is 0.127 e. The van der Waals surface area contributed by atoms with Crippen LogP contribution in [-0.4, -0.2) is 0 Å². The highest BCUT2D eigenvalue weighted by molar-refractivity contribution is 9.10. The predicted molar refractivity (Wildman–Crippen MR) is 92.9 cm³/mol. The van der Waals surface area contributed by atoms with Gasteiger partial charge in [-0.05, 0) is 41.5 Å². The second-order valence-electron chi connectivity index (χ2n) is 4.96. The minimum absolute atomic E-state index is 0.472. The molecule has 2 aromatic carbocycles. The molecule has 0 amide bonds. The topological polar surface area (TPSA) is 35.2 Å². The van der Waals surface area contributed by atoms with Gasteiger partial charge in [0, 0.05) is 26.8 Å². The summed E-state index contributed by atoms with van der Waals surface area (Å²) in [6, 6.07) is 12.5. The number of hydrogen-bond donors (Lipinski definition) is 1. The van der Waals surface area contributed by atoms with E-state index in [0.717, 1.165) is 21.3 Å². The van der Waals surface area contributed by atoms with E-state index in [1.54, 1.807) is 11.3 Å². The van der Waals surface area contributed by atoms with Crippen molar-refractivity contribution in [3.05, 3.63) is 62.9 Å². The Bertz CT molecular complexity index is 782. The molecule has 0 aliphatic carbocycles. The van der Waals surface area contributed by atoms with Gasteiger partial charge in [0.1, 0.15) is 12.4 Å². The van der Waals surface area contributed by atoms with Crippen molar-refractivity contribution in [3.8, 4) is 5.75 Å². The minimum Gasteiger partial charge on any atom is -0.488 e. The predicted octanol–water partition coefficient (Wildman–Crippen LogP) is 5.01. The first-order valence-corrected chi connectivity index (χ1v) is 8.43. The van der Waals surface area contributed by atoms with Crippen molar-refractivity contribution in [2.24, 2.45) is 5.73 Å². The average molecular weight is 362 g/mol. The van der Waals surface area contributed by atoms with Crippen LogP contribution in [0, 0.1) is 6.92 Å². The lowest BCUT2D eigenvalue weighted by molar-refractivity contribution is 0.302. The zero-order valence-electron chi connectivity index (χ0n) is 11.7. The Labute approximate surface area is 136 Å². The number of aryl methyl sites for hydroxylation is 1. The third kappa shape index (κ3) is 2.98. The summed E-state index contributed by atoms with van der Waals surface area (Å²) in [5, 5.41) is 3.44. The zero-order chi connectivity index (χ0) is 14.8. The first kappa shape index (κ1) is 14.6. The lowest BCUT2D eigenvalue weighted by atomic mass is 10.1. The Morgan fingerprint density at radius 2 is 2.00 bits per heavy atom. The van der Waals surface area contributed by atoms with E-state index < -0.39 is 0 Å². The highest BCUT2D eigenvalue weighted by Gasteiger charge is 2.10. The average Bonchev–Trinajstić information content (AvgIpc) is 2.89. The van der Waals surface area contributed by atoms with Crippen LogP contribution in [0.4, 0.5) is 0 Å². The van der Waals surface area contributed by atoms with Crippen LogP contribution >= 0.6 is 27.3 Å². The summed E-state index contributed by atoms with van der Waals surface area (Å²) in [6.45, 7) is 3.09. The van der Waals surface area contributed by atoms with Crippen molar-refractivity contribution in [1.82, 2.24) is 0 Å². The van der Waals surface area contributed by atoms with Gasteiger partial charge in [0.05, 0.1) is 0 Å². The largest absolute Gasteiger partial charge is 0.488 e. The number of fused-ring (bicyclic) bond motifs is 1. The molecule has 3 rings (SSSR count). The van der Waals surface area contributed by atoms with Gasteiger partial charge in [-0.25, -0.2) is 0 Å². The first-order chi connectivity index (χ1) is 10.2. The monoisotopic (exact) mass is 361 g/mol. The fourth-order valence-electron chi connectivity index (χ4n) is 2.45. The van der Waals surface area contributed by atoms with E-state index in [4.69, 9.17) is 10.5 Å². The highest BCUT2D eigenvalue weighted by atomic mass is 79.9. The van der Waals surface area contributed by atoms with Gasteiger partial charge in [-0.3, -0.25) is 0 Å². The van der Waals surface area contributed by atoms with Gasteiger partial charge >= 0.3 is 0 Å². The summed E-state index contributed by atoms with van der Waals surface area (Å²) < 4.78 is 8.40. The van der Waals surface area contributed by atoms with Gasteiger partial charge < -0.3 is 10.5 Å². The Morgan fingerprint density at radius 3 is 2.81 bits per heavy atom. The number of halogens is 1. The summed E-state index contributed by atoms with van der Waals surface area (Å²) >= 11 is 5.25. The molecule has 0 atom stereocenters. The first-order valence-electron chi connectivity index (χ1n) is 6.76. The van der Waals surface area contributed by atoms with Crippen molar-refractivity contribution < 1.29 is 4.74 Å². The van der Waals surface area contributed by atoms with Crippen molar-refractivity contribution in [3.63, 3.8) is 0 Å². The van der Waals surface area contributed by atoms with Crippen LogP contribution in [0.2, 0.25) is 0 Å². The number of thiophene rings is 1. The van der Waals surface area contributed by atoms with Crippen LogP contribution < -0.4 is 10.5 Å². The van der Waals surface area contributed by atoms with Crippen molar-refractivity contribution >= 4 is 37.4 Å². The van der Waals surface area contributed by atoms with Gasteiger partial charge in [-0.1, -0.05) is 34.1 Å². The number of ether oxygens (including phenoxy) is 1. The van der Waals surface area contributed by atoms with Crippen LogP contribution in [0.25, 0.3) is 10.1 Å². The van der Waals surface area contributed by atoms with Gasteiger partial charge in [0.25, 0.3) is 0 Å². The summed E-state index contributed by atoms with van der Waals surface area (Å²) in [5.41, 5.74) is 9.18. The second-order valence-corrected chi connectivity index (χ2v) is 6.79. The summed E-state index contributed by atoms with van der Waals surface area (Å²) in [6.07, 6.45) is 0. The van der Waals surface area contributed by atoms with Crippen molar-refractivity contribution in [1.29, 1.82) is 0 Å². The molecular weight excluding hydrogens is 346 g/mol. The molecule has 0 aliphatic heterocycles. The van der Waals surface area contributed by atoms with E-state index in [1.807, 2.05) is 13.0 Å². The lowest BCUT2D eigenvalue weighted by Crippen LogP contribution is -2.04. The SMILES string of the molecule is Cc1cc(Br)cc(CN)c1OCc1csc2ccccc12. The fourth-order valence-corrected chi connectivity index (χ4v) is 4.02. The highest BCUT2D eigenvalue weighted by Crippen LogP contribution is 2.31. The summed E-state index contributed by atoms with van der Waals surface area (Å²) in [7, 11) is 0. The van der Waals surface area contributed by atoms with Crippen LogP contribution in [0.5, 0.6) is 5.75 Å². The third-order valence-electron chi connectivity index (χ3n) is 3.47. The fraction of sp³-hybridized carbons (Fsp3) is 0.176. The van der Waals surface area contributed by atoms with Crippen LogP contribution in [-0.2, 0) is 13.2 Å². The third-order valence-corrected chi connectivity index (χ3v) is 4.94. The number of rotatable bonds is 4. The minimum atomic E-state index is 0.472. The molecular formula is C17H16BrNOS. The molecule has 2 nitrogen and oxygen atoms in total. The van der Waals surface area contributed by atoms with Crippen molar-refractivity contribution in [2.45, 2.75) is 20.1 Å². The number of nitrogens with two attached hydrogens (primary N) is 1. The maximum atomic E-state index is 6.07. The van der Waals surface area contributed by atoms with Gasteiger partial charge in [-0.15, -0.1) is 11.3 Å². The molecule has 0 aliphatic rings. The molecule has 21 heavy (non-hydrogen) atoms. The van der Waals surface area contributed by atoms with E-state index >= 15 is 0 Å². The van der Waals surface area contributed by atoms with Crippen LogP contribution in [0.1, 0.15) is 16.7 Å². The molecule has 1 aromatic heterocycles. The smallest absolute Gasteiger partial charge is 0.127 e. The van der Waals surface area contributed by atoms with E-state index in [1.165, 1.54) is 15.6 Å². The summed E-state index contributed by atoms with van der Waals surface area (Å²) in [5.74, 6) is 0.899. The second kappa shape index (κ2) is 6.18. The molecule has 1 heterocycles. The standard InChI is InChI=1S/C17H16BrNOS/c1-11-6-14(18)7-12(8-19)17(11)20-9-13-10-21-16-5-3-2-4-15(13)16/h2-7,10H,8-9,19H2,1H3. The van der Waals surface area contributed by atoms with Gasteiger partial charge in [0.2, 0.25) is 0 Å². The number of hydrogen-bond acceptors (Lipinski definition) is 3. The molecule has 0 radical (unpaired) electrons. The Balaban J connectivity index is 1.88. The molecule has 0 fully saturated rings. The van der Waals surface area contributed by atoms with E-state index in [-0.39, 0.29) is 0 Å². The van der Waals surface area contributed by atoms with Crippen molar-refractivity contribution in [2.75, 3.05) is 0 Å². The van der Waals surface area contributed by atoms with E-state index in [0.29, 0.717) is 13.2 Å². The maximum absolute atomic E-state index is 6.07.